The highest BCUT2D eigenvalue weighted by Gasteiger charge is 2.42. The Labute approximate surface area is 90.0 Å². The molecule has 4 heteroatoms. The second-order valence-corrected chi connectivity index (χ2v) is 4.75. The monoisotopic (exact) mass is 210 g/mol. The summed E-state index contributed by atoms with van der Waals surface area (Å²) in [6.07, 6.45) is 1.88. The van der Waals surface area contributed by atoms with E-state index in [9.17, 15) is 9.59 Å². The quantitative estimate of drug-likeness (QED) is 0.680. The minimum absolute atomic E-state index is 0.0273. The van der Waals surface area contributed by atoms with Crippen molar-refractivity contribution in [1.82, 2.24) is 10.2 Å². The van der Waals surface area contributed by atoms with Crippen LogP contribution in [0.3, 0.4) is 0 Å². The van der Waals surface area contributed by atoms with Gasteiger partial charge < -0.3 is 10.2 Å². The second kappa shape index (κ2) is 3.83. The number of nitrogens with one attached hydrogen (secondary N) is 1. The van der Waals surface area contributed by atoms with Crippen LogP contribution in [0, 0.1) is 11.8 Å². The zero-order valence-electron chi connectivity index (χ0n) is 9.32. The molecule has 0 aromatic heterocycles. The molecule has 4 nitrogen and oxygen atoms in total. The van der Waals surface area contributed by atoms with Crippen LogP contribution in [-0.2, 0) is 9.59 Å². The van der Waals surface area contributed by atoms with Crippen LogP contribution in [0.15, 0.2) is 0 Å². The van der Waals surface area contributed by atoms with Crippen LogP contribution in [0.5, 0.6) is 0 Å². The maximum Gasteiger partial charge on any atom is 0.225 e. The van der Waals surface area contributed by atoms with E-state index < -0.39 is 0 Å². The summed E-state index contributed by atoms with van der Waals surface area (Å²) in [5, 5.41) is 2.85. The highest BCUT2D eigenvalue weighted by Crippen LogP contribution is 2.28. The summed E-state index contributed by atoms with van der Waals surface area (Å²) in [6, 6.07) is 0.112. The molecular formula is C11H18N2O2. The van der Waals surface area contributed by atoms with E-state index >= 15 is 0 Å². The first-order valence-electron chi connectivity index (χ1n) is 5.69. The van der Waals surface area contributed by atoms with Crippen molar-refractivity contribution in [3.05, 3.63) is 0 Å². The summed E-state index contributed by atoms with van der Waals surface area (Å²) in [4.78, 5) is 25.3. The minimum atomic E-state index is 0.0273. The Bertz CT molecular complexity index is 288. The van der Waals surface area contributed by atoms with Crippen molar-refractivity contribution >= 4 is 11.8 Å². The van der Waals surface area contributed by atoms with E-state index in [4.69, 9.17) is 0 Å². The molecule has 84 valence electrons. The van der Waals surface area contributed by atoms with Gasteiger partial charge in [0, 0.05) is 19.0 Å². The Hall–Kier alpha value is -1.06. The molecule has 15 heavy (non-hydrogen) atoms. The van der Waals surface area contributed by atoms with E-state index in [2.05, 4.69) is 5.32 Å². The average molecular weight is 210 g/mol. The van der Waals surface area contributed by atoms with Gasteiger partial charge in [-0.15, -0.1) is 0 Å². The van der Waals surface area contributed by atoms with Crippen LogP contribution in [0.2, 0.25) is 0 Å². The zero-order valence-corrected chi connectivity index (χ0v) is 9.32. The van der Waals surface area contributed by atoms with Gasteiger partial charge in [0.05, 0.1) is 12.0 Å². The fraction of sp³-hybridized carbons (Fsp3) is 0.818. The van der Waals surface area contributed by atoms with Gasteiger partial charge in [0.15, 0.2) is 0 Å². The molecular weight excluding hydrogens is 192 g/mol. The van der Waals surface area contributed by atoms with Crippen LogP contribution in [0.1, 0.15) is 26.7 Å². The lowest BCUT2D eigenvalue weighted by Crippen LogP contribution is -2.50. The smallest absolute Gasteiger partial charge is 0.225 e. The lowest BCUT2D eigenvalue weighted by atomic mass is 9.90. The highest BCUT2D eigenvalue weighted by molar-refractivity contribution is 5.85. The summed E-state index contributed by atoms with van der Waals surface area (Å²) in [5.74, 6) is 0.378. The summed E-state index contributed by atoms with van der Waals surface area (Å²) in [6.45, 7) is 5.28. The van der Waals surface area contributed by atoms with Gasteiger partial charge in [0.25, 0.3) is 0 Å². The van der Waals surface area contributed by atoms with Crippen LogP contribution in [-0.4, -0.2) is 35.8 Å². The fourth-order valence-corrected chi connectivity index (χ4v) is 2.56. The Morgan fingerprint density at radius 3 is 2.93 bits per heavy atom. The first kappa shape index (κ1) is 10.5. The van der Waals surface area contributed by atoms with Crippen molar-refractivity contribution in [3.8, 4) is 0 Å². The third-order valence-electron chi connectivity index (χ3n) is 3.38. The van der Waals surface area contributed by atoms with E-state index in [1.165, 1.54) is 0 Å². The molecule has 0 radical (unpaired) electrons. The van der Waals surface area contributed by atoms with Gasteiger partial charge in [-0.1, -0.05) is 13.8 Å². The van der Waals surface area contributed by atoms with E-state index in [0.717, 1.165) is 19.4 Å². The minimum Gasteiger partial charge on any atom is -0.354 e. The van der Waals surface area contributed by atoms with Gasteiger partial charge in [-0.05, 0) is 12.8 Å². The zero-order chi connectivity index (χ0) is 11.0. The number of carbonyl (C=O) groups is 2. The maximum absolute atomic E-state index is 11.9. The van der Waals surface area contributed by atoms with Crippen LogP contribution >= 0.6 is 0 Å². The predicted molar refractivity (Wildman–Crippen MR) is 56.1 cm³/mol. The summed E-state index contributed by atoms with van der Waals surface area (Å²) >= 11 is 0. The number of piperidine rings is 1. The highest BCUT2D eigenvalue weighted by atomic mass is 16.2. The second-order valence-electron chi connectivity index (χ2n) is 4.75. The SMILES string of the molecule is CC(C)C(=O)N1CCCC2C(=O)NCC21. The summed E-state index contributed by atoms with van der Waals surface area (Å²) < 4.78 is 0. The number of hydrogen-bond acceptors (Lipinski definition) is 2. The molecule has 1 N–H and O–H groups in total. The van der Waals surface area contributed by atoms with Gasteiger partial charge in [-0.25, -0.2) is 0 Å². The standard InChI is InChI=1S/C11H18N2O2/c1-7(2)11(15)13-5-3-4-8-9(13)6-12-10(8)14/h7-9H,3-6H2,1-2H3,(H,12,14). The Morgan fingerprint density at radius 1 is 1.53 bits per heavy atom. The molecule has 0 saturated carbocycles. The van der Waals surface area contributed by atoms with Crippen molar-refractivity contribution < 1.29 is 9.59 Å². The molecule has 0 aromatic rings. The van der Waals surface area contributed by atoms with Crippen molar-refractivity contribution in [2.45, 2.75) is 32.7 Å². The molecule has 2 atom stereocenters. The molecule has 2 amide bonds. The molecule has 2 rings (SSSR count). The topological polar surface area (TPSA) is 49.4 Å². The third kappa shape index (κ3) is 1.73. The molecule has 0 aliphatic carbocycles. The van der Waals surface area contributed by atoms with Crippen LogP contribution in [0.25, 0.3) is 0 Å². The van der Waals surface area contributed by atoms with Crippen molar-refractivity contribution in [2.24, 2.45) is 11.8 Å². The maximum atomic E-state index is 11.9. The summed E-state index contributed by atoms with van der Waals surface area (Å²) in [7, 11) is 0. The molecule has 2 heterocycles. The Balaban J connectivity index is 2.13. The molecule has 2 saturated heterocycles. The molecule has 2 fully saturated rings. The lowest BCUT2D eigenvalue weighted by molar-refractivity contribution is -0.139. The van der Waals surface area contributed by atoms with Gasteiger partial charge in [0.1, 0.15) is 0 Å². The first-order valence-corrected chi connectivity index (χ1v) is 5.69. The molecule has 0 bridgehead atoms. The van der Waals surface area contributed by atoms with E-state index in [1.54, 1.807) is 0 Å². The summed E-state index contributed by atoms with van der Waals surface area (Å²) in [5.41, 5.74) is 0. The normalized spacial score (nSPS) is 30.3. The molecule has 2 unspecified atom stereocenters. The number of carbonyl (C=O) groups excluding carboxylic acids is 2. The Kier molecular flexibility index (Phi) is 2.67. The number of rotatable bonds is 1. The van der Waals surface area contributed by atoms with Gasteiger partial charge in [0.2, 0.25) is 11.8 Å². The molecule has 2 aliphatic heterocycles. The van der Waals surface area contributed by atoms with Crippen LogP contribution in [0.4, 0.5) is 0 Å². The first-order chi connectivity index (χ1) is 7.11. The van der Waals surface area contributed by atoms with Crippen molar-refractivity contribution in [2.75, 3.05) is 13.1 Å². The van der Waals surface area contributed by atoms with Gasteiger partial charge in [-0.2, -0.15) is 0 Å². The molecule has 2 aliphatic rings. The average Bonchev–Trinajstić information content (AvgIpc) is 2.59. The number of likely N-dealkylation sites (tertiary alicyclic amines) is 1. The predicted octanol–water partition coefficient (Wildman–Crippen LogP) is 0.379. The number of fused-ring (bicyclic) bond motifs is 1. The molecule has 0 aromatic carbocycles. The van der Waals surface area contributed by atoms with Crippen molar-refractivity contribution in [3.63, 3.8) is 0 Å². The van der Waals surface area contributed by atoms with Crippen molar-refractivity contribution in [1.29, 1.82) is 0 Å². The fourth-order valence-electron chi connectivity index (χ4n) is 2.56. The van der Waals surface area contributed by atoms with E-state index in [1.807, 2.05) is 18.7 Å². The number of amides is 2. The number of nitrogens with zero attached hydrogens (tertiary/aromatic N) is 1. The largest absolute Gasteiger partial charge is 0.354 e. The number of hydrogen-bond donors (Lipinski definition) is 1. The van der Waals surface area contributed by atoms with Gasteiger partial charge >= 0.3 is 0 Å². The van der Waals surface area contributed by atoms with E-state index in [-0.39, 0.29) is 29.7 Å². The van der Waals surface area contributed by atoms with E-state index in [0.29, 0.717) is 6.54 Å². The molecule has 0 spiro atoms. The van der Waals surface area contributed by atoms with Crippen LogP contribution < -0.4 is 5.32 Å². The van der Waals surface area contributed by atoms with Gasteiger partial charge in [-0.3, -0.25) is 9.59 Å². The third-order valence-corrected chi connectivity index (χ3v) is 3.38. The Morgan fingerprint density at radius 2 is 2.27 bits per heavy atom. The lowest BCUT2D eigenvalue weighted by Gasteiger charge is -2.36.